The molecule has 4 aromatic rings. The van der Waals surface area contributed by atoms with Crippen LogP contribution in [0.3, 0.4) is 0 Å². The first-order chi connectivity index (χ1) is 18.0. The van der Waals surface area contributed by atoms with Crippen molar-refractivity contribution in [2.24, 2.45) is 0 Å². The van der Waals surface area contributed by atoms with Gasteiger partial charge in [0.15, 0.2) is 17.4 Å². The molecule has 37 heavy (non-hydrogen) atoms. The maximum Gasteiger partial charge on any atom is 0.227 e. The Balaban J connectivity index is 1.33. The van der Waals surface area contributed by atoms with Gasteiger partial charge in [0.25, 0.3) is 0 Å². The number of rotatable bonds is 5. The smallest absolute Gasteiger partial charge is 0.227 e. The van der Waals surface area contributed by atoms with Gasteiger partial charge in [-0.3, -0.25) is 0 Å². The van der Waals surface area contributed by atoms with Gasteiger partial charge in [0.1, 0.15) is 12.3 Å². The summed E-state index contributed by atoms with van der Waals surface area (Å²) < 4.78 is 35.5. The molecule has 2 aromatic heterocycles. The third-order valence-corrected chi connectivity index (χ3v) is 6.93. The molecule has 2 aromatic carbocycles. The molecule has 0 atom stereocenters. The van der Waals surface area contributed by atoms with Crippen LogP contribution in [-0.2, 0) is 0 Å². The Labute approximate surface area is 213 Å². The molecule has 8 nitrogen and oxygen atoms in total. The molecule has 6 rings (SSSR count). The molecule has 0 spiro atoms. The van der Waals surface area contributed by atoms with Crippen molar-refractivity contribution < 1.29 is 13.5 Å². The van der Waals surface area contributed by atoms with Gasteiger partial charge in [-0.1, -0.05) is 0 Å². The van der Waals surface area contributed by atoms with Crippen molar-refractivity contribution in [1.29, 1.82) is 0 Å². The van der Waals surface area contributed by atoms with E-state index in [-0.39, 0.29) is 23.4 Å². The molecule has 2 aliphatic heterocycles. The highest BCUT2D eigenvalue weighted by Gasteiger charge is 2.26. The van der Waals surface area contributed by atoms with Crippen LogP contribution in [0.5, 0.6) is 5.75 Å². The summed E-state index contributed by atoms with van der Waals surface area (Å²) in [5.41, 5.74) is 3.90. The van der Waals surface area contributed by atoms with Crippen LogP contribution in [0.25, 0.3) is 22.2 Å². The van der Waals surface area contributed by atoms with Gasteiger partial charge in [-0.05, 0) is 44.2 Å². The number of hydrogen-bond acceptors (Lipinski definition) is 7. The number of ether oxygens (including phenoxy) is 1. The lowest BCUT2D eigenvalue weighted by Gasteiger charge is -2.34. The van der Waals surface area contributed by atoms with Gasteiger partial charge < -0.3 is 30.2 Å². The molecule has 0 aliphatic carbocycles. The van der Waals surface area contributed by atoms with Crippen LogP contribution in [0, 0.1) is 11.6 Å². The van der Waals surface area contributed by atoms with Gasteiger partial charge in [-0.25, -0.2) is 18.7 Å². The number of H-pyrrole nitrogens is 1. The van der Waals surface area contributed by atoms with E-state index in [1.54, 1.807) is 6.07 Å². The van der Waals surface area contributed by atoms with E-state index in [0.717, 1.165) is 54.7 Å². The average Bonchev–Trinajstić information content (AvgIpc) is 3.33. The number of fused-ring (bicyclic) bond motifs is 2. The maximum absolute atomic E-state index is 15.0. The first-order valence-corrected chi connectivity index (χ1v) is 12.6. The molecule has 0 amide bonds. The zero-order chi connectivity index (χ0) is 25.5. The second-order valence-electron chi connectivity index (χ2n) is 9.63. The Bertz CT molecular complexity index is 1450. The molecule has 0 saturated carbocycles. The lowest BCUT2D eigenvalue weighted by molar-refractivity contribution is 0.287. The highest BCUT2D eigenvalue weighted by atomic mass is 19.1. The number of nitrogens with zero attached hydrogens (tertiary/aromatic N) is 4. The summed E-state index contributed by atoms with van der Waals surface area (Å²) >= 11 is 0. The lowest BCUT2D eigenvalue weighted by atomic mass is 10.1. The zero-order valence-electron chi connectivity index (χ0n) is 20.8. The summed E-state index contributed by atoms with van der Waals surface area (Å²) in [7, 11) is 0. The van der Waals surface area contributed by atoms with Gasteiger partial charge in [0.2, 0.25) is 5.95 Å². The van der Waals surface area contributed by atoms with Crippen LogP contribution in [0.1, 0.15) is 13.8 Å². The fraction of sp³-hybridized carbons (Fsp3) is 0.333. The quantitative estimate of drug-likeness (QED) is 0.364. The van der Waals surface area contributed by atoms with Gasteiger partial charge >= 0.3 is 0 Å². The van der Waals surface area contributed by atoms with Crippen molar-refractivity contribution in [1.82, 2.24) is 20.3 Å². The summed E-state index contributed by atoms with van der Waals surface area (Å²) in [4.78, 5) is 16.3. The van der Waals surface area contributed by atoms with Crippen molar-refractivity contribution in [3.8, 4) is 17.0 Å². The van der Waals surface area contributed by atoms with Gasteiger partial charge in [0, 0.05) is 60.6 Å². The minimum atomic E-state index is -0.625. The number of halogens is 2. The summed E-state index contributed by atoms with van der Waals surface area (Å²) in [6.07, 6.45) is 3.14. The third-order valence-electron chi connectivity index (χ3n) is 6.93. The second-order valence-corrected chi connectivity index (χ2v) is 9.63. The molecular weight excluding hydrogens is 476 g/mol. The van der Waals surface area contributed by atoms with Crippen LogP contribution in [0.2, 0.25) is 0 Å². The molecule has 3 N–H and O–H groups in total. The largest absolute Gasteiger partial charge is 0.486 e. The molecule has 1 fully saturated rings. The third kappa shape index (κ3) is 4.42. The molecular formula is C27H29F2N7O. The van der Waals surface area contributed by atoms with Crippen molar-refractivity contribution >= 4 is 33.9 Å². The topological polar surface area (TPSA) is 81.3 Å². The molecule has 0 bridgehead atoms. The SMILES string of the molecule is CC(C)N1CCOc2c(F)cc(-c3nc(Nc4ccc5[nH]cc(N6CCNCC6)c5c4)ncc3F)cc21. The summed E-state index contributed by atoms with van der Waals surface area (Å²) in [5, 5.41) is 7.65. The van der Waals surface area contributed by atoms with E-state index in [9.17, 15) is 8.78 Å². The number of benzene rings is 2. The Morgan fingerprint density at radius 3 is 2.68 bits per heavy atom. The standard InChI is InChI=1S/C27H29F2N7O/c1-16(2)36-9-10-37-26-20(28)11-17(12-23(26)36)25-21(29)14-32-27(34-25)33-18-3-4-22-19(13-18)24(15-31-22)35-7-5-30-6-8-35/h3-4,11-16,30-31H,5-10H2,1-2H3,(H,32,33,34). The summed E-state index contributed by atoms with van der Waals surface area (Å²) in [5.74, 6) is -0.745. The fourth-order valence-electron chi connectivity index (χ4n) is 5.08. The van der Waals surface area contributed by atoms with Crippen molar-refractivity contribution in [3.63, 3.8) is 0 Å². The summed E-state index contributed by atoms with van der Waals surface area (Å²) in [6.45, 7) is 8.85. The Kier molecular flexibility index (Phi) is 6.03. The molecule has 1 saturated heterocycles. The normalized spacial score (nSPS) is 15.7. The van der Waals surface area contributed by atoms with Crippen molar-refractivity contribution in [2.75, 3.05) is 54.4 Å². The Hall–Kier alpha value is -3.92. The van der Waals surface area contributed by atoms with E-state index in [1.165, 1.54) is 6.07 Å². The zero-order valence-corrected chi connectivity index (χ0v) is 20.8. The van der Waals surface area contributed by atoms with Crippen LogP contribution in [0.15, 0.2) is 42.7 Å². The van der Waals surface area contributed by atoms with E-state index in [0.29, 0.717) is 24.4 Å². The van der Waals surface area contributed by atoms with E-state index in [2.05, 4.69) is 30.5 Å². The van der Waals surface area contributed by atoms with E-state index in [4.69, 9.17) is 4.74 Å². The molecule has 192 valence electrons. The van der Waals surface area contributed by atoms with Gasteiger partial charge in [-0.2, -0.15) is 0 Å². The van der Waals surface area contributed by atoms with Gasteiger partial charge in [-0.15, -0.1) is 0 Å². The minimum Gasteiger partial charge on any atom is -0.486 e. The van der Waals surface area contributed by atoms with Crippen LogP contribution >= 0.6 is 0 Å². The van der Waals surface area contributed by atoms with E-state index < -0.39 is 11.6 Å². The molecule has 0 radical (unpaired) electrons. The first kappa shape index (κ1) is 23.5. The molecule has 4 heterocycles. The number of aromatic amines is 1. The number of anilines is 4. The van der Waals surface area contributed by atoms with Crippen molar-refractivity contribution in [2.45, 2.75) is 19.9 Å². The predicted octanol–water partition coefficient (Wildman–Crippen LogP) is 4.66. The highest BCUT2D eigenvalue weighted by molar-refractivity contribution is 5.95. The van der Waals surface area contributed by atoms with Crippen LogP contribution in [0.4, 0.5) is 31.8 Å². The number of hydrogen-bond donors (Lipinski definition) is 3. The number of nitrogens with one attached hydrogen (secondary N) is 3. The number of aromatic nitrogens is 3. The Morgan fingerprint density at radius 1 is 1.03 bits per heavy atom. The fourth-order valence-corrected chi connectivity index (χ4v) is 5.08. The van der Waals surface area contributed by atoms with Crippen LogP contribution in [-0.4, -0.2) is 60.3 Å². The maximum atomic E-state index is 15.0. The Morgan fingerprint density at radius 2 is 1.86 bits per heavy atom. The molecule has 10 heteroatoms. The molecule has 0 unspecified atom stereocenters. The van der Waals surface area contributed by atoms with E-state index in [1.807, 2.05) is 43.1 Å². The van der Waals surface area contributed by atoms with E-state index >= 15 is 0 Å². The first-order valence-electron chi connectivity index (χ1n) is 12.6. The summed E-state index contributed by atoms with van der Waals surface area (Å²) in [6, 6.07) is 9.09. The monoisotopic (exact) mass is 505 g/mol. The van der Waals surface area contributed by atoms with Crippen molar-refractivity contribution in [3.05, 3.63) is 54.4 Å². The lowest BCUT2D eigenvalue weighted by Crippen LogP contribution is -2.43. The number of piperazine rings is 1. The molecule has 2 aliphatic rings. The van der Waals surface area contributed by atoms with Crippen LogP contribution < -0.4 is 25.2 Å². The second kappa shape index (κ2) is 9.51. The highest BCUT2D eigenvalue weighted by Crippen LogP contribution is 2.39. The average molecular weight is 506 g/mol. The predicted molar refractivity (Wildman–Crippen MR) is 142 cm³/mol. The minimum absolute atomic E-state index is 0.0257. The van der Waals surface area contributed by atoms with Gasteiger partial charge in [0.05, 0.1) is 24.1 Å².